The molecule has 1 N–H and O–H groups in total. The van der Waals surface area contributed by atoms with Gasteiger partial charge < -0.3 is 14.5 Å². The fourth-order valence-electron chi connectivity index (χ4n) is 0.980. The maximum atomic E-state index is 11.3. The van der Waals surface area contributed by atoms with E-state index in [2.05, 4.69) is 16.2 Å². The first kappa shape index (κ1) is 12.1. The number of aromatic nitrogens is 1. The third-order valence-corrected chi connectivity index (χ3v) is 1.57. The van der Waals surface area contributed by atoms with E-state index in [4.69, 9.17) is 15.6 Å². The van der Waals surface area contributed by atoms with Crippen molar-refractivity contribution in [2.75, 3.05) is 0 Å². The van der Waals surface area contributed by atoms with Crippen LogP contribution in [0.4, 0.5) is 4.79 Å². The molecule has 1 amide bonds. The van der Waals surface area contributed by atoms with E-state index < -0.39 is 11.7 Å². The molecular weight excluding hydrogens is 208 g/mol. The predicted molar refractivity (Wildman–Crippen MR) is 57.5 cm³/mol. The lowest BCUT2D eigenvalue weighted by molar-refractivity contribution is 0.0520. The molecule has 0 fully saturated rings. The minimum Gasteiger partial charge on any atom is -0.445 e. The quantitative estimate of drug-likeness (QED) is 0.773. The van der Waals surface area contributed by atoms with Crippen molar-refractivity contribution >= 4 is 6.09 Å². The van der Waals surface area contributed by atoms with Crippen molar-refractivity contribution in [3.63, 3.8) is 0 Å². The molecule has 5 heteroatoms. The van der Waals surface area contributed by atoms with Crippen molar-refractivity contribution in [2.45, 2.75) is 32.9 Å². The molecule has 0 aliphatic carbocycles. The first-order valence-corrected chi connectivity index (χ1v) is 4.78. The van der Waals surface area contributed by atoms with Gasteiger partial charge in [-0.2, -0.15) is 0 Å². The monoisotopic (exact) mass is 222 g/mol. The summed E-state index contributed by atoms with van der Waals surface area (Å²) in [5.74, 6) is 2.79. The van der Waals surface area contributed by atoms with Crippen LogP contribution in [0.25, 0.3) is 0 Å². The molecular formula is C11H14N2O3. The third kappa shape index (κ3) is 3.65. The van der Waals surface area contributed by atoms with Gasteiger partial charge in [0.15, 0.2) is 17.8 Å². The first-order valence-electron chi connectivity index (χ1n) is 4.78. The molecule has 0 saturated carbocycles. The Morgan fingerprint density at radius 2 is 2.38 bits per heavy atom. The van der Waals surface area contributed by atoms with Gasteiger partial charge in [-0.3, -0.25) is 0 Å². The highest BCUT2D eigenvalue weighted by atomic mass is 16.6. The van der Waals surface area contributed by atoms with Crippen molar-refractivity contribution in [3.8, 4) is 12.3 Å². The van der Waals surface area contributed by atoms with E-state index in [1.165, 1.54) is 6.39 Å². The zero-order valence-corrected chi connectivity index (χ0v) is 9.53. The standard InChI is InChI=1S/C11H14N2O3/c1-5-8-9(15-7-13-8)6-12-10(14)16-11(2,3)4/h1,7H,6H2,2-4H3,(H,12,14). The Balaban J connectivity index is 2.47. The smallest absolute Gasteiger partial charge is 0.408 e. The Morgan fingerprint density at radius 1 is 1.69 bits per heavy atom. The summed E-state index contributed by atoms with van der Waals surface area (Å²) in [6.07, 6.45) is 5.90. The number of amides is 1. The molecule has 0 aliphatic heterocycles. The van der Waals surface area contributed by atoms with Crippen LogP contribution < -0.4 is 5.32 Å². The number of oxazole rings is 1. The summed E-state index contributed by atoms with van der Waals surface area (Å²) in [6, 6.07) is 0. The van der Waals surface area contributed by atoms with E-state index in [0.717, 1.165) is 0 Å². The van der Waals surface area contributed by atoms with Gasteiger partial charge in [-0.25, -0.2) is 9.78 Å². The average molecular weight is 222 g/mol. The fraction of sp³-hybridized carbons (Fsp3) is 0.455. The molecule has 1 aromatic heterocycles. The summed E-state index contributed by atoms with van der Waals surface area (Å²) < 4.78 is 10.1. The second kappa shape index (κ2) is 4.71. The first-order chi connectivity index (χ1) is 7.42. The number of hydrogen-bond donors (Lipinski definition) is 1. The zero-order valence-electron chi connectivity index (χ0n) is 9.53. The Labute approximate surface area is 94.2 Å². The fourth-order valence-corrected chi connectivity index (χ4v) is 0.980. The lowest BCUT2D eigenvalue weighted by atomic mass is 10.2. The summed E-state index contributed by atoms with van der Waals surface area (Å²) in [6.45, 7) is 5.52. The lowest BCUT2D eigenvalue weighted by Crippen LogP contribution is -2.32. The van der Waals surface area contributed by atoms with Gasteiger partial charge in [0.1, 0.15) is 5.60 Å². The molecule has 0 radical (unpaired) electrons. The lowest BCUT2D eigenvalue weighted by Gasteiger charge is -2.19. The number of terminal acetylenes is 1. The molecule has 0 unspecified atom stereocenters. The molecule has 16 heavy (non-hydrogen) atoms. The van der Waals surface area contributed by atoms with Crippen LogP contribution in [0.15, 0.2) is 10.8 Å². The van der Waals surface area contributed by atoms with Crippen LogP contribution in [-0.2, 0) is 11.3 Å². The van der Waals surface area contributed by atoms with Crippen LogP contribution in [-0.4, -0.2) is 16.7 Å². The molecule has 0 aromatic carbocycles. The summed E-state index contributed by atoms with van der Waals surface area (Å²) in [7, 11) is 0. The number of carbonyl (C=O) groups is 1. The van der Waals surface area contributed by atoms with Crippen molar-refractivity contribution < 1.29 is 13.9 Å². The highest BCUT2D eigenvalue weighted by Crippen LogP contribution is 2.08. The molecule has 86 valence electrons. The van der Waals surface area contributed by atoms with Gasteiger partial charge in [-0.05, 0) is 26.7 Å². The normalized spacial score (nSPS) is 10.6. The molecule has 5 nitrogen and oxygen atoms in total. The molecule has 1 rings (SSSR count). The van der Waals surface area contributed by atoms with E-state index in [0.29, 0.717) is 11.5 Å². The Bertz CT molecular complexity index is 410. The maximum absolute atomic E-state index is 11.3. The van der Waals surface area contributed by atoms with E-state index >= 15 is 0 Å². The van der Waals surface area contributed by atoms with Crippen LogP contribution in [0.5, 0.6) is 0 Å². The van der Waals surface area contributed by atoms with Gasteiger partial charge >= 0.3 is 6.09 Å². The number of hydrogen-bond acceptors (Lipinski definition) is 4. The van der Waals surface area contributed by atoms with Crippen LogP contribution in [0.2, 0.25) is 0 Å². The third-order valence-electron chi connectivity index (χ3n) is 1.57. The molecule has 0 spiro atoms. The zero-order chi connectivity index (χ0) is 12.2. The molecule has 0 aliphatic rings. The summed E-state index contributed by atoms with van der Waals surface area (Å²) >= 11 is 0. The number of nitrogens with zero attached hydrogens (tertiary/aromatic N) is 1. The molecule has 1 aromatic rings. The summed E-state index contributed by atoms with van der Waals surface area (Å²) in [5, 5.41) is 2.53. The topological polar surface area (TPSA) is 64.4 Å². The maximum Gasteiger partial charge on any atom is 0.408 e. The molecule has 0 saturated heterocycles. The van der Waals surface area contributed by atoms with Gasteiger partial charge in [0.2, 0.25) is 0 Å². The van der Waals surface area contributed by atoms with E-state index in [1.807, 2.05) is 0 Å². The summed E-state index contributed by atoms with van der Waals surface area (Å²) in [4.78, 5) is 15.1. The van der Waals surface area contributed by atoms with Gasteiger partial charge in [0, 0.05) is 0 Å². The van der Waals surface area contributed by atoms with Crippen LogP contribution in [0, 0.1) is 12.3 Å². The van der Waals surface area contributed by atoms with Crippen LogP contribution in [0.1, 0.15) is 32.2 Å². The van der Waals surface area contributed by atoms with E-state index in [9.17, 15) is 4.79 Å². The SMILES string of the molecule is C#Cc1ncoc1CNC(=O)OC(C)(C)C. The second-order valence-electron chi connectivity index (χ2n) is 4.12. The van der Waals surface area contributed by atoms with Crippen molar-refractivity contribution in [1.82, 2.24) is 10.3 Å². The number of ether oxygens (including phenoxy) is 1. The minimum atomic E-state index is -0.527. The highest BCUT2D eigenvalue weighted by Gasteiger charge is 2.16. The van der Waals surface area contributed by atoms with Gasteiger partial charge in [-0.15, -0.1) is 6.42 Å². The van der Waals surface area contributed by atoms with Crippen LogP contribution >= 0.6 is 0 Å². The Kier molecular flexibility index (Phi) is 3.56. The average Bonchev–Trinajstić information content (AvgIpc) is 2.59. The van der Waals surface area contributed by atoms with E-state index in [-0.39, 0.29) is 6.54 Å². The minimum absolute atomic E-state index is 0.161. The van der Waals surface area contributed by atoms with Gasteiger partial charge in [-0.1, -0.05) is 0 Å². The molecule has 0 bridgehead atoms. The molecule has 1 heterocycles. The highest BCUT2D eigenvalue weighted by molar-refractivity contribution is 5.67. The van der Waals surface area contributed by atoms with Crippen molar-refractivity contribution in [1.29, 1.82) is 0 Å². The van der Waals surface area contributed by atoms with Gasteiger partial charge in [0.25, 0.3) is 0 Å². The second-order valence-corrected chi connectivity index (χ2v) is 4.12. The van der Waals surface area contributed by atoms with Crippen molar-refractivity contribution in [3.05, 3.63) is 17.8 Å². The Morgan fingerprint density at radius 3 is 2.94 bits per heavy atom. The largest absolute Gasteiger partial charge is 0.445 e. The number of carbonyl (C=O) groups excluding carboxylic acids is 1. The predicted octanol–water partition coefficient (Wildman–Crippen LogP) is 1.68. The van der Waals surface area contributed by atoms with Crippen LogP contribution in [0.3, 0.4) is 0 Å². The van der Waals surface area contributed by atoms with E-state index in [1.54, 1.807) is 20.8 Å². The number of rotatable bonds is 2. The Hall–Kier alpha value is -1.96. The molecule has 0 atom stereocenters. The summed E-state index contributed by atoms with van der Waals surface area (Å²) in [5.41, 5.74) is -0.142. The van der Waals surface area contributed by atoms with Gasteiger partial charge in [0.05, 0.1) is 6.54 Å². The van der Waals surface area contributed by atoms with Crippen molar-refractivity contribution in [2.24, 2.45) is 0 Å². The number of alkyl carbamates (subject to hydrolysis) is 1. The number of nitrogens with one attached hydrogen (secondary N) is 1.